The topological polar surface area (TPSA) is 83.2 Å². The lowest BCUT2D eigenvalue weighted by molar-refractivity contribution is 0.334. The Kier molecular flexibility index (Phi) is 4.70. The molecule has 0 spiro atoms. The normalized spacial score (nSPS) is 13.5. The summed E-state index contributed by atoms with van der Waals surface area (Å²) in [6, 6.07) is 4.91. The lowest BCUT2D eigenvalue weighted by Gasteiger charge is -2.28. The summed E-state index contributed by atoms with van der Waals surface area (Å²) in [5.41, 5.74) is 6.55. The number of thioether (sulfide) groups is 1. The number of nitrogens with two attached hydrogens (primary N) is 1. The first kappa shape index (κ1) is 16.3. The molecule has 1 heterocycles. The molecule has 0 saturated carbocycles. The second kappa shape index (κ2) is 6.35. The van der Waals surface area contributed by atoms with Crippen LogP contribution in [0.5, 0.6) is 12.0 Å². The van der Waals surface area contributed by atoms with Gasteiger partial charge in [-0.2, -0.15) is 9.97 Å². The highest BCUT2D eigenvalue weighted by molar-refractivity contribution is 7.99. The van der Waals surface area contributed by atoms with Crippen LogP contribution in [-0.2, 0) is 4.75 Å². The van der Waals surface area contributed by atoms with Crippen molar-refractivity contribution >= 4 is 17.4 Å². The highest BCUT2D eigenvalue weighted by atomic mass is 32.2. The number of nitrogens with zero attached hydrogens (tertiary/aromatic N) is 3. The van der Waals surface area contributed by atoms with Gasteiger partial charge in [-0.05, 0) is 19.2 Å². The maximum Gasteiger partial charge on any atom is 0.322 e. The molecular weight excluding hydrogens is 307 g/mol. The van der Waals surface area contributed by atoms with E-state index in [1.165, 1.54) is 32.0 Å². The van der Waals surface area contributed by atoms with Crippen molar-refractivity contribution in [3.8, 4) is 12.0 Å². The zero-order valence-electron chi connectivity index (χ0n) is 12.8. The number of hydrogen-bond donors (Lipinski definition) is 1. The Hall–Kier alpha value is -2.09. The molecule has 2 rings (SSSR count). The molecule has 2 aromatic rings. The first-order valence-electron chi connectivity index (χ1n) is 6.40. The molecule has 0 saturated heterocycles. The number of benzene rings is 1. The molecule has 0 aliphatic heterocycles. The summed E-state index contributed by atoms with van der Waals surface area (Å²) >= 11 is 1.43. The predicted molar refractivity (Wildman–Crippen MR) is 83.7 cm³/mol. The SMILES string of the molecule is COc1nc(OC)nc(C(C)(SC)c2cccc(F)c2N)n1. The van der Waals surface area contributed by atoms with Crippen molar-refractivity contribution in [2.75, 3.05) is 26.2 Å². The van der Waals surface area contributed by atoms with Crippen LogP contribution in [0.3, 0.4) is 0 Å². The Bertz CT molecular complexity index is 664. The molecular formula is C14H17FN4O2S. The van der Waals surface area contributed by atoms with Crippen LogP contribution in [0, 0.1) is 5.82 Å². The van der Waals surface area contributed by atoms with Gasteiger partial charge in [-0.1, -0.05) is 12.1 Å². The van der Waals surface area contributed by atoms with Crippen LogP contribution in [0.25, 0.3) is 0 Å². The number of aromatic nitrogens is 3. The van der Waals surface area contributed by atoms with Crippen molar-refractivity contribution in [3.63, 3.8) is 0 Å². The minimum Gasteiger partial charge on any atom is -0.467 e. The molecule has 0 aliphatic carbocycles. The maximum absolute atomic E-state index is 13.8. The maximum atomic E-state index is 13.8. The van der Waals surface area contributed by atoms with E-state index in [4.69, 9.17) is 15.2 Å². The second-order valence-corrected chi connectivity index (χ2v) is 5.80. The number of methoxy groups -OCH3 is 2. The molecule has 0 amide bonds. The molecule has 8 heteroatoms. The molecule has 22 heavy (non-hydrogen) atoms. The van der Waals surface area contributed by atoms with Gasteiger partial charge in [-0.25, -0.2) is 4.39 Å². The van der Waals surface area contributed by atoms with E-state index in [0.717, 1.165) is 0 Å². The quantitative estimate of drug-likeness (QED) is 0.844. The minimum atomic E-state index is -0.782. The van der Waals surface area contributed by atoms with Gasteiger partial charge in [-0.15, -0.1) is 16.7 Å². The molecule has 1 atom stereocenters. The highest BCUT2D eigenvalue weighted by Gasteiger charge is 2.35. The third-order valence-electron chi connectivity index (χ3n) is 3.36. The number of hydrogen-bond acceptors (Lipinski definition) is 7. The minimum absolute atomic E-state index is 0.0673. The third-order valence-corrected chi connectivity index (χ3v) is 4.58. The Balaban J connectivity index is 2.66. The van der Waals surface area contributed by atoms with Crippen LogP contribution in [0.2, 0.25) is 0 Å². The lowest BCUT2D eigenvalue weighted by atomic mass is 9.97. The number of rotatable bonds is 5. The van der Waals surface area contributed by atoms with Crippen molar-refractivity contribution in [2.45, 2.75) is 11.7 Å². The lowest BCUT2D eigenvalue weighted by Crippen LogP contribution is -2.25. The average Bonchev–Trinajstić information content (AvgIpc) is 2.56. The molecule has 1 aromatic carbocycles. The van der Waals surface area contributed by atoms with Crippen molar-refractivity contribution < 1.29 is 13.9 Å². The molecule has 0 fully saturated rings. The Morgan fingerprint density at radius 1 is 1.14 bits per heavy atom. The van der Waals surface area contributed by atoms with Gasteiger partial charge in [0.1, 0.15) is 5.82 Å². The fourth-order valence-corrected chi connectivity index (χ4v) is 2.68. The van der Waals surface area contributed by atoms with E-state index in [1.54, 1.807) is 12.1 Å². The van der Waals surface area contributed by atoms with E-state index in [9.17, 15) is 4.39 Å². The third kappa shape index (κ3) is 2.78. The smallest absolute Gasteiger partial charge is 0.322 e. The summed E-state index contributed by atoms with van der Waals surface area (Å²) < 4.78 is 23.2. The van der Waals surface area contributed by atoms with Gasteiger partial charge in [-0.3, -0.25) is 0 Å². The Morgan fingerprint density at radius 3 is 2.23 bits per heavy atom. The average molecular weight is 324 g/mol. The summed E-state index contributed by atoms with van der Waals surface area (Å²) in [5.74, 6) is -0.105. The van der Waals surface area contributed by atoms with Crippen molar-refractivity contribution in [1.29, 1.82) is 0 Å². The molecule has 1 aromatic heterocycles. The fourth-order valence-electron chi connectivity index (χ4n) is 2.01. The monoisotopic (exact) mass is 324 g/mol. The molecule has 0 bridgehead atoms. The van der Waals surface area contributed by atoms with Crippen molar-refractivity contribution in [3.05, 3.63) is 35.4 Å². The van der Waals surface area contributed by atoms with Gasteiger partial charge in [0.05, 0.1) is 24.7 Å². The molecule has 6 nitrogen and oxygen atoms in total. The zero-order valence-corrected chi connectivity index (χ0v) is 13.6. The van der Waals surface area contributed by atoms with E-state index in [-0.39, 0.29) is 17.7 Å². The Labute approximate surface area is 132 Å². The summed E-state index contributed by atoms with van der Waals surface area (Å²) in [5, 5.41) is 0. The van der Waals surface area contributed by atoms with E-state index in [0.29, 0.717) is 11.4 Å². The number of nitrogen functional groups attached to an aromatic ring is 1. The van der Waals surface area contributed by atoms with Gasteiger partial charge in [0.15, 0.2) is 5.82 Å². The first-order chi connectivity index (χ1) is 10.5. The Morgan fingerprint density at radius 2 is 1.73 bits per heavy atom. The molecule has 1 unspecified atom stereocenters. The van der Waals surface area contributed by atoms with Crippen LogP contribution in [0.1, 0.15) is 18.3 Å². The standard InChI is InChI=1S/C14H17FN4O2S/c1-14(22-4,8-6-5-7-9(15)10(8)16)11-17-12(20-2)19-13(18-11)21-3/h5-7H,16H2,1-4H3. The van der Waals surface area contributed by atoms with Gasteiger partial charge in [0.25, 0.3) is 0 Å². The summed E-state index contributed by atoms with van der Waals surface area (Å²) in [6.45, 7) is 1.86. The second-order valence-electron chi connectivity index (χ2n) is 4.57. The number of anilines is 1. The molecule has 2 N–H and O–H groups in total. The van der Waals surface area contributed by atoms with Gasteiger partial charge >= 0.3 is 12.0 Å². The van der Waals surface area contributed by atoms with Gasteiger partial charge in [0.2, 0.25) is 0 Å². The van der Waals surface area contributed by atoms with Gasteiger partial charge < -0.3 is 15.2 Å². The zero-order chi connectivity index (χ0) is 16.3. The number of halogens is 1. The van der Waals surface area contributed by atoms with Crippen LogP contribution in [0.15, 0.2) is 18.2 Å². The van der Waals surface area contributed by atoms with Crippen LogP contribution in [0.4, 0.5) is 10.1 Å². The fraction of sp³-hybridized carbons (Fsp3) is 0.357. The van der Waals surface area contributed by atoms with Crippen LogP contribution < -0.4 is 15.2 Å². The first-order valence-corrected chi connectivity index (χ1v) is 7.63. The largest absolute Gasteiger partial charge is 0.467 e. The van der Waals surface area contributed by atoms with Crippen LogP contribution >= 0.6 is 11.8 Å². The van der Waals surface area contributed by atoms with E-state index < -0.39 is 10.6 Å². The predicted octanol–water partition coefficient (Wildman–Crippen LogP) is 2.24. The van der Waals surface area contributed by atoms with Crippen molar-refractivity contribution in [2.24, 2.45) is 0 Å². The van der Waals surface area contributed by atoms with E-state index in [1.807, 2.05) is 13.2 Å². The number of para-hydroxylation sites is 1. The summed E-state index contributed by atoms with van der Waals surface area (Å²) in [4.78, 5) is 12.5. The van der Waals surface area contributed by atoms with Gasteiger partial charge in [0, 0.05) is 5.56 Å². The molecule has 0 aliphatic rings. The molecule has 118 valence electrons. The summed E-state index contributed by atoms with van der Waals surface area (Å²) in [7, 11) is 2.90. The molecule has 0 radical (unpaired) electrons. The number of ether oxygens (including phenoxy) is 2. The summed E-state index contributed by atoms with van der Waals surface area (Å²) in [6.07, 6.45) is 1.87. The van der Waals surface area contributed by atoms with E-state index >= 15 is 0 Å². The highest BCUT2D eigenvalue weighted by Crippen LogP contribution is 2.43. The van der Waals surface area contributed by atoms with Crippen LogP contribution in [-0.4, -0.2) is 35.4 Å². The van der Waals surface area contributed by atoms with E-state index in [2.05, 4.69) is 15.0 Å². The van der Waals surface area contributed by atoms with Crippen molar-refractivity contribution in [1.82, 2.24) is 15.0 Å².